The van der Waals surface area contributed by atoms with Crippen molar-refractivity contribution in [1.29, 1.82) is 0 Å². The summed E-state index contributed by atoms with van der Waals surface area (Å²) in [5.74, 6) is 0.643. The number of amides is 2. The van der Waals surface area contributed by atoms with Crippen LogP contribution in [0.3, 0.4) is 0 Å². The third-order valence-electron chi connectivity index (χ3n) is 4.00. The molecule has 7 heteroatoms. The zero-order valence-corrected chi connectivity index (χ0v) is 15.2. The molecule has 1 heterocycles. The average Bonchev–Trinajstić information content (AvgIpc) is 2.63. The summed E-state index contributed by atoms with van der Waals surface area (Å²) < 4.78 is 10.8. The number of ether oxygens (including phenoxy) is 2. The third kappa shape index (κ3) is 3.75. The molecule has 0 saturated heterocycles. The topological polar surface area (TPSA) is 67.9 Å². The zero-order chi connectivity index (χ0) is 18.7. The van der Waals surface area contributed by atoms with Gasteiger partial charge in [-0.2, -0.15) is 0 Å². The monoisotopic (exact) mass is 374 g/mol. The van der Waals surface area contributed by atoms with E-state index in [0.717, 1.165) is 5.75 Å². The molecule has 26 heavy (non-hydrogen) atoms. The van der Waals surface area contributed by atoms with E-state index >= 15 is 0 Å². The Hall–Kier alpha value is -2.73. The van der Waals surface area contributed by atoms with Gasteiger partial charge >= 0.3 is 0 Å². The number of benzene rings is 2. The Morgan fingerprint density at radius 1 is 1.31 bits per heavy atom. The number of carbonyl (C=O) groups excluding carboxylic acids is 2. The quantitative estimate of drug-likeness (QED) is 0.869. The van der Waals surface area contributed by atoms with Crippen LogP contribution >= 0.6 is 11.6 Å². The van der Waals surface area contributed by atoms with E-state index < -0.39 is 6.04 Å². The maximum Gasteiger partial charge on any atom is 0.265 e. The number of rotatable bonds is 5. The average molecular weight is 375 g/mol. The molecule has 0 unspecified atom stereocenters. The molecule has 2 amide bonds. The lowest BCUT2D eigenvalue weighted by Crippen LogP contribution is -2.49. The van der Waals surface area contributed by atoms with Crippen molar-refractivity contribution < 1.29 is 19.1 Å². The third-order valence-corrected chi connectivity index (χ3v) is 4.24. The number of hydrogen-bond acceptors (Lipinski definition) is 4. The first-order chi connectivity index (χ1) is 12.5. The summed E-state index contributed by atoms with van der Waals surface area (Å²) >= 11 is 6.04. The standard InChI is InChI=1S/C19H19ClN2O4/c1-3-25-15-7-5-14(6-8-15)21-19(24)12(2)22-16-10-13(20)4-9-17(16)26-11-18(22)23/h4-10,12H,3,11H2,1-2H3,(H,21,24)/t12-/m0/s1. The van der Waals surface area contributed by atoms with Crippen molar-refractivity contribution in [2.24, 2.45) is 0 Å². The van der Waals surface area contributed by atoms with E-state index in [1.807, 2.05) is 6.92 Å². The molecule has 0 saturated carbocycles. The van der Waals surface area contributed by atoms with E-state index in [4.69, 9.17) is 21.1 Å². The van der Waals surface area contributed by atoms with Crippen LogP contribution in [0.15, 0.2) is 42.5 Å². The predicted octanol–water partition coefficient (Wildman–Crippen LogP) is 3.49. The second-order valence-corrected chi connectivity index (χ2v) is 6.22. The van der Waals surface area contributed by atoms with Gasteiger partial charge in [0.05, 0.1) is 12.3 Å². The van der Waals surface area contributed by atoms with Crippen LogP contribution < -0.4 is 19.7 Å². The maximum atomic E-state index is 12.7. The highest BCUT2D eigenvalue weighted by Crippen LogP contribution is 2.35. The summed E-state index contributed by atoms with van der Waals surface area (Å²) in [6.45, 7) is 4.03. The van der Waals surface area contributed by atoms with Gasteiger partial charge in [0.1, 0.15) is 17.5 Å². The molecule has 1 N–H and O–H groups in total. The van der Waals surface area contributed by atoms with E-state index in [9.17, 15) is 9.59 Å². The Morgan fingerprint density at radius 3 is 2.73 bits per heavy atom. The summed E-state index contributed by atoms with van der Waals surface area (Å²) in [6.07, 6.45) is 0. The Morgan fingerprint density at radius 2 is 2.04 bits per heavy atom. The van der Waals surface area contributed by atoms with E-state index in [0.29, 0.717) is 28.8 Å². The molecule has 0 aromatic heterocycles. The van der Waals surface area contributed by atoms with Gasteiger partial charge in [0.15, 0.2) is 6.61 Å². The molecular formula is C19H19ClN2O4. The van der Waals surface area contributed by atoms with Crippen LogP contribution in [0.5, 0.6) is 11.5 Å². The SMILES string of the molecule is CCOc1ccc(NC(=O)[C@H](C)N2C(=O)COc3ccc(Cl)cc32)cc1. The highest BCUT2D eigenvalue weighted by atomic mass is 35.5. The molecule has 1 aliphatic rings. The van der Waals surface area contributed by atoms with Gasteiger partial charge in [0.25, 0.3) is 5.91 Å². The summed E-state index contributed by atoms with van der Waals surface area (Å²) in [5, 5.41) is 3.28. The predicted molar refractivity (Wildman–Crippen MR) is 100 cm³/mol. The van der Waals surface area contributed by atoms with Gasteiger partial charge in [0, 0.05) is 10.7 Å². The first-order valence-corrected chi connectivity index (χ1v) is 8.65. The molecule has 2 aromatic carbocycles. The Kier molecular flexibility index (Phi) is 5.32. The largest absolute Gasteiger partial charge is 0.494 e. The minimum atomic E-state index is -0.727. The smallest absolute Gasteiger partial charge is 0.265 e. The molecule has 2 aromatic rings. The first kappa shape index (κ1) is 18.1. The van der Waals surface area contributed by atoms with E-state index in [2.05, 4.69) is 5.32 Å². The number of nitrogens with zero attached hydrogens (tertiary/aromatic N) is 1. The first-order valence-electron chi connectivity index (χ1n) is 8.27. The maximum absolute atomic E-state index is 12.7. The van der Waals surface area contributed by atoms with E-state index in [-0.39, 0.29) is 18.4 Å². The van der Waals surface area contributed by atoms with Crippen LogP contribution in [0.4, 0.5) is 11.4 Å². The van der Waals surface area contributed by atoms with Crippen LogP contribution in [0.2, 0.25) is 5.02 Å². The lowest BCUT2D eigenvalue weighted by Gasteiger charge is -2.33. The van der Waals surface area contributed by atoms with Gasteiger partial charge < -0.3 is 14.8 Å². The lowest BCUT2D eigenvalue weighted by molar-refractivity contribution is -0.125. The van der Waals surface area contributed by atoms with Crippen molar-refractivity contribution in [3.8, 4) is 11.5 Å². The van der Waals surface area contributed by atoms with Crippen LogP contribution in [0, 0.1) is 0 Å². The second kappa shape index (κ2) is 7.66. The molecule has 0 radical (unpaired) electrons. The number of carbonyl (C=O) groups is 2. The highest BCUT2D eigenvalue weighted by molar-refractivity contribution is 6.31. The molecule has 0 bridgehead atoms. The van der Waals surface area contributed by atoms with Crippen LogP contribution in [0.1, 0.15) is 13.8 Å². The highest BCUT2D eigenvalue weighted by Gasteiger charge is 2.33. The fourth-order valence-electron chi connectivity index (χ4n) is 2.73. The lowest BCUT2D eigenvalue weighted by atomic mass is 10.1. The number of halogens is 1. The Balaban J connectivity index is 1.78. The molecule has 0 aliphatic carbocycles. The van der Waals surface area contributed by atoms with Crippen LogP contribution in [-0.2, 0) is 9.59 Å². The van der Waals surface area contributed by atoms with Crippen molar-refractivity contribution in [2.75, 3.05) is 23.4 Å². The zero-order valence-electron chi connectivity index (χ0n) is 14.5. The van der Waals surface area contributed by atoms with Gasteiger partial charge in [-0.15, -0.1) is 0 Å². The summed E-state index contributed by atoms with van der Waals surface area (Å²) in [7, 11) is 0. The van der Waals surface area contributed by atoms with Gasteiger partial charge in [-0.25, -0.2) is 0 Å². The molecule has 3 rings (SSSR count). The van der Waals surface area contributed by atoms with Gasteiger partial charge in [-0.05, 0) is 56.3 Å². The van der Waals surface area contributed by atoms with Crippen molar-refractivity contribution in [3.63, 3.8) is 0 Å². The van der Waals surface area contributed by atoms with Gasteiger partial charge in [0.2, 0.25) is 5.91 Å². The minimum Gasteiger partial charge on any atom is -0.494 e. The van der Waals surface area contributed by atoms with Crippen molar-refractivity contribution in [3.05, 3.63) is 47.5 Å². The summed E-state index contributed by atoms with van der Waals surface area (Å²) in [5.41, 5.74) is 1.11. The Labute approximate surface area is 156 Å². The molecule has 0 spiro atoms. The van der Waals surface area contributed by atoms with Crippen molar-refractivity contribution in [1.82, 2.24) is 0 Å². The fraction of sp³-hybridized carbons (Fsp3) is 0.263. The van der Waals surface area contributed by atoms with Crippen LogP contribution in [0.25, 0.3) is 0 Å². The molecule has 1 atom stereocenters. The van der Waals surface area contributed by atoms with Gasteiger partial charge in [-0.3, -0.25) is 14.5 Å². The number of nitrogens with one attached hydrogen (secondary N) is 1. The number of hydrogen-bond donors (Lipinski definition) is 1. The number of anilines is 2. The molecule has 1 aliphatic heterocycles. The van der Waals surface area contributed by atoms with Gasteiger partial charge in [-0.1, -0.05) is 11.6 Å². The van der Waals surface area contributed by atoms with E-state index in [1.165, 1.54) is 4.90 Å². The molecule has 6 nitrogen and oxygen atoms in total. The fourth-order valence-corrected chi connectivity index (χ4v) is 2.90. The minimum absolute atomic E-state index is 0.116. The van der Waals surface area contributed by atoms with Crippen molar-refractivity contribution in [2.45, 2.75) is 19.9 Å². The molecule has 136 valence electrons. The van der Waals surface area contributed by atoms with Crippen LogP contribution in [-0.4, -0.2) is 31.1 Å². The van der Waals surface area contributed by atoms with E-state index in [1.54, 1.807) is 49.4 Å². The summed E-state index contributed by atoms with van der Waals surface area (Å²) in [6, 6.07) is 11.3. The second-order valence-electron chi connectivity index (χ2n) is 5.79. The molecule has 0 fully saturated rings. The summed E-state index contributed by atoms with van der Waals surface area (Å²) in [4.78, 5) is 26.4. The Bertz CT molecular complexity index is 823. The normalized spacial score (nSPS) is 14.3. The number of fused-ring (bicyclic) bond motifs is 1. The molecular weight excluding hydrogens is 356 g/mol. The van der Waals surface area contributed by atoms with Crippen molar-refractivity contribution >= 4 is 34.8 Å².